The molecule has 0 aromatic carbocycles. The lowest BCUT2D eigenvalue weighted by molar-refractivity contribution is -0.142. The summed E-state index contributed by atoms with van der Waals surface area (Å²) in [7, 11) is 0. The maximum atomic E-state index is 12.6. The Bertz CT molecular complexity index is 386. The number of hydrogen-bond donors (Lipinski definition) is 1. The van der Waals surface area contributed by atoms with Gasteiger partial charge in [-0.2, -0.15) is 0 Å². The predicted molar refractivity (Wildman–Crippen MR) is 82.5 cm³/mol. The standard InChI is InChI=1S/C16H29N3O2/c1-3-12(2)15(20)18-7-4-5-14(11-18)16(21)19-8-6-13(9-17)10-19/h12-14H,3-11,17H2,1-2H3. The number of piperidine rings is 1. The highest BCUT2D eigenvalue weighted by atomic mass is 16.2. The van der Waals surface area contributed by atoms with Crippen LogP contribution in [0.5, 0.6) is 0 Å². The average molecular weight is 295 g/mol. The molecule has 2 saturated heterocycles. The lowest BCUT2D eigenvalue weighted by atomic mass is 9.95. The quantitative estimate of drug-likeness (QED) is 0.844. The summed E-state index contributed by atoms with van der Waals surface area (Å²) in [5, 5.41) is 0. The Labute approximate surface area is 127 Å². The minimum Gasteiger partial charge on any atom is -0.342 e. The molecule has 2 amide bonds. The summed E-state index contributed by atoms with van der Waals surface area (Å²) in [4.78, 5) is 28.8. The van der Waals surface area contributed by atoms with Gasteiger partial charge in [-0.25, -0.2) is 0 Å². The third kappa shape index (κ3) is 3.76. The van der Waals surface area contributed by atoms with Crippen LogP contribution in [-0.2, 0) is 9.59 Å². The van der Waals surface area contributed by atoms with Crippen LogP contribution in [0.1, 0.15) is 39.5 Å². The third-order valence-corrected chi connectivity index (χ3v) is 5.05. The first-order valence-electron chi connectivity index (χ1n) is 8.34. The van der Waals surface area contributed by atoms with Gasteiger partial charge >= 0.3 is 0 Å². The number of nitrogens with zero attached hydrogens (tertiary/aromatic N) is 2. The van der Waals surface area contributed by atoms with E-state index in [1.807, 2.05) is 23.6 Å². The van der Waals surface area contributed by atoms with Crippen LogP contribution in [0.25, 0.3) is 0 Å². The molecule has 5 heteroatoms. The van der Waals surface area contributed by atoms with Crippen molar-refractivity contribution in [3.05, 3.63) is 0 Å². The van der Waals surface area contributed by atoms with Gasteiger partial charge in [-0.15, -0.1) is 0 Å². The lowest BCUT2D eigenvalue weighted by Gasteiger charge is -2.35. The van der Waals surface area contributed by atoms with E-state index in [1.165, 1.54) is 0 Å². The van der Waals surface area contributed by atoms with E-state index in [-0.39, 0.29) is 23.7 Å². The second kappa shape index (κ2) is 7.25. The number of amides is 2. The molecule has 0 spiro atoms. The topological polar surface area (TPSA) is 66.6 Å². The molecule has 3 atom stereocenters. The number of hydrogen-bond acceptors (Lipinski definition) is 3. The van der Waals surface area contributed by atoms with E-state index in [1.54, 1.807) is 0 Å². The molecule has 0 saturated carbocycles. The van der Waals surface area contributed by atoms with Crippen molar-refractivity contribution in [1.29, 1.82) is 0 Å². The van der Waals surface area contributed by atoms with Crippen molar-refractivity contribution < 1.29 is 9.59 Å². The Morgan fingerprint density at radius 2 is 1.95 bits per heavy atom. The molecule has 0 aromatic rings. The second-order valence-corrected chi connectivity index (χ2v) is 6.61. The van der Waals surface area contributed by atoms with Crippen molar-refractivity contribution in [3.63, 3.8) is 0 Å². The molecule has 2 fully saturated rings. The van der Waals surface area contributed by atoms with Crippen molar-refractivity contribution in [2.75, 3.05) is 32.7 Å². The lowest BCUT2D eigenvalue weighted by Crippen LogP contribution is -2.47. The minimum absolute atomic E-state index is 0.0109. The van der Waals surface area contributed by atoms with Gasteiger partial charge in [-0.3, -0.25) is 9.59 Å². The molecule has 3 unspecified atom stereocenters. The molecule has 2 heterocycles. The van der Waals surface area contributed by atoms with Crippen molar-refractivity contribution in [2.45, 2.75) is 39.5 Å². The number of carbonyl (C=O) groups is 2. The third-order valence-electron chi connectivity index (χ3n) is 5.05. The van der Waals surface area contributed by atoms with E-state index >= 15 is 0 Å². The molecule has 2 aliphatic rings. The first kappa shape index (κ1) is 16.3. The van der Waals surface area contributed by atoms with Crippen LogP contribution >= 0.6 is 0 Å². The summed E-state index contributed by atoms with van der Waals surface area (Å²) in [6, 6.07) is 0. The van der Waals surface area contributed by atoms with Crippen molar-refractivity contribution in [3.8, 4) is 0 Å². The molecule has 0 aliphatic carbocycles. The van der Waals surface area contributed by atoms with Gasteiger partial charge in [0.2, 0.25) is 11.8 Å². The molecule has 2 aliphatic heterocycles. The van der Waals surface area contributed by atoms with Crippen LogP contribution in [0.4, 0.5) is 0 Å². The Morgan fingerprint density at radius 1 is 1.19 bits per heavy atom. The molecule has 0 bridgehead atoms. The van der Waals surface area contributed by atoms with Gasteiger partial charge < -0.3 is 15.5 Å². The zero-order valence-electron chi connectivity index (χ0n) is 13.4. The molecule has 21 heavy (non-hydrogen) atoms. The normalized spacial score (nSPS) is 27.8. The fourth-order valence-corrected chi connectivity index (χ4v) is 3.35. The zero-order chi connectivity index (χ0) is 15.4. The van der Waals surface area contributed by atoms with E-state index in [0.717, 1.165) is 45.3 Å². The van der Waals surface area contributed by atoms with Gasteiger partial charge in [0.1, 0.15) is 0 Å². The largest absolute Gasteiger partial charge is 0.342 e. The summed E-state index contributed by atoms with van der Waals surface area (Å²) >= 11 is 0. The van der Waals surface area contributed by atoms with Crippen LogP contribution in [0.2, 0.25) is 0 Å². The maximum absolute atomic E-state index is 12.6. The summed E-state index contributed by atoms with van der Waals surface area (Å²) in [6.07, 6.45) is 3.72. The first-order chi connectivity index (χ1) is 10.1. The summed E-state index contributed by atoms with van der Waals surface area (Å²) < 4.78 is 0. The molecule has 2 rings (SSSR count). The summed E-state index contributed by atoms with van der Waals surface area (Å²) in [5.74, 6) is 0.940. The van der Waals surface area contributed by atoms with Crippen LogP contribution in [0.15, 0.2) is 0 Å². The first-order valence-corrected chi connectivity index (χ1v) is 8.34. The van der Waals surface area contributed by atoms with Crippen molar-refractivity contribution >= 4 is 11.8 Å². The average Bonchev–Trinajstić information content (AvgIpc) is 3.01. The number of carbonyl (C=O) groups excluding carboxylic acids is 2. The van der Waals surface area contributed by atoms with E-state index in [2.05, 4.69) is 0 Å². The maximum Gasteiger partial charge on any atom is 0.227 e. The van der Waals surface area contributed by atoms with E-state index in [4.69, 9.17) is 5.73 Å². The highest BCUT2D eigenvalue weighted by Crippen LogP contribution is 2.24. The Kier molecular flexibility index (Phi) is 5.62. The molecular weight excluding hydrogens is 266 g/mol. The number of nitrogens with two attached hydrogens (primary N) is 1. The van der Waals surface area contributed by atoms with Crippen LogP contribution in [0, 0.1) is 17.8 Å². The fourth-order valence-electron chi connectivity index (χ4n) is 3.35. The smallest absolute Gasteiger partial charge is 0.227 e. The summed E-state index contributed by atoms with van der Waals surface area (Å²) in [5.41, 5.74) is 5.69. The van der Waals surface area contributed by atoms with Crippen LogP contribution in [-0.4, -0.2) is 54.3 Å². The van der Waals surface area contributed by atoms with Crippen LogP contribution in [0.3, 0.4) is 0 Å². The Hall–Kier alpha value is -1.10. The van der Waals surface area contributed by atoms with E-state index in [9.17, 15) is 9.59 Å². The molecule has 0 aromatic heterocycles. The fraction of sp³-hybridized carbons (Fsp3) is 0.875. The minimum atomic E-state index is -0.0109. The van der Waals surface area contributed by atoms with Gasteiger partial charge in [0, 0.05) is 32.1 Å². The summed E-state index contributed by atoms with van der Waals surface area (Å²) in [6.45, 7) is 7.70. The molecule has 120 valence electrons. The highest BCUT2D eigenvalue weighted by Gasteiger charge is 2.34. The SMILES string of the molecule is CCC(C)C(=O)N1CCCC(C(=O)N2CCC(CN)C2)C1. The number of rotatable bonds is 4. The highest BCUT2D eigenvalue weighted by molar-refractivity contribution is 5.82. The van der Waals surface area contributed by atoms with Crippen molar-refractivity contribution in [2.24, 2.45) is 23.5 Å². The Balaban J connectivity index is 1.91. The van der Waals surface area contributed by atoms with E-state index in [0.29, 0.717) is 19.0 Å². The van der Waals surface area contributed by atoms with Gasteiger partial charge in [0.05, 0.1) is 5.92 Å². The molecular formula is C16H29N3O2. The predicted octanol–water partition coefficient (Wildman–Crippen LogP) is 1.08. The van der Waals surface area contributed by atoms with Gasteiger partial charge in [-0.1, -0.05) is 13.8 Å². The van der Waals surface area contributed by atoms with E-state index < -0.39 is 0 Å². The van der Waals surface area contributed by atoms with Gasteiger partial charge in [0.25, 0.3) is 0 Å². The monoisotopic (exact) mass is 295 g/mol. The van der Waals surface area contributed by atoms with Crippen molar-refractivity contribution in [1.82, 2.24) is 9.80 Å². The van der Waals surface area contributed by atoms with Gasteiger partial charge in [0.15, 0.2) is 0 Å². The van der Waals surface area contributed by atoms with Crippen LogP contribution < -0.4 is 5.73 Å². The Morgan fingerprint density at radius 3 is 2.57 bits per heavy atom. The molecule has 2 N–H and O–H groups in total. The van der Waals surface area contributed by atoms with Gasteiger partial charge in [-0.05, 0) is 38.1 Å². The molecule has 5 nitrogen and oxygen atoms in total. The molecule has 0 radical (unpaired) electrons. The second-order valence-electron chi connectivity index (χ2n) is 6.61. The zero-order valence-corrected chi connectivity index (χ0v) is 13.4. The number of likely N-dealkylation sites (tertiary alicyclic amines) is 2.